The summed E-state index contributed by atoms with van der Waals surface area (Å²) in [5, 5.41) is 0. The highest BCUT2D eigenvalue weighted by atomic mass is 19.4. The van der Waals surface area contributed by atoms with E-state index in [0.29, 0.717) is 25.4 Å². The van der Waals surface area contributed by atoms with Gasteiger partial charge >= 0.3 is 6.18 Å². The molecule has 0 saturated carbocycles. The summed E-state index contributed by atoms with van der Waals surface area (Å²) in [5.74, 6) is 0.485. The summed E-state index contributed by atoms with van der Waals surface area (Å²) in [6.07, 6.45) is -1.23. The highest BCUT2D eigenvalue weighted by Crippen LogP contribution is 2.36. The van der Waals surface area contributed by atoms with Crippen LogP contribution >= 0.6 is 0 Å². The van der Waals surface area contributed by atoms with Gasteiger partial charge in [-0.05, 0) is 50.1 Å². The topological polar surface area (TPSA) is 29.3 Å². The van der Waals surface area contributed by atoms with Crippen molar-refractivity contribution in [2.24, 2.45) is 17.1 Å². The van der Waals surface area contributed by atoms with Crippen LogP contribution in [0.25, 0.3) is 0 Å². The molecule has 0 aromatic heterocycles. The van der Waals surface area contributed by atoms with Crippen molar-refractivity contribution < 1.29 is 13.2 Å². The van der Waals surface area contributed by atoms with Crippen LogP contribution in [0, 0.1) is 11.3 Å². The van der Waals surface area contributed by atoms with Gasteiger partial charge in [-0.25, -0.2) is 0 Å². The monoisotopic (exact) mass is 294 g/mol. The first-order valence-corrected chi connectivity index (χ1v) is 7.63. The Hall–Kier alpha value is -0.290. The minimum atomic E-state index is -4.24. The average Bonchev–Trinajstić information content (AvgIpc) is 2.52. The van der Waals surface area contributed by atoms with E-state index in [9.17, 15) is 13.2 Å². The fourth-order valence-electron chi connectivity index (χ4n) is 3.21. The quantitative estimate of drug-likeness (QED) is 0.858. The van der Waals surface area contributed by atoms with Crippen LogP contribution in [0.1, 0.15) is 53.4 Å². The van der Waals surface area contributed by atoms with Crippen molar-refractivity contribution in [2.45, 2.75) is 71.6 Å². The molecule has 3 atom stereocenters. The number of nitrogens with two attached hydrogens (primary N) is 1. The van der Waals surface area contributed by atoms with Crippen molar-refractivity contribution in [3.05, 3.63) is 0 Å². The standard InChI is InChI=1S/C15H29F3N2/c1-5-12(19)13(15(16,17)18)20-9-6-7-11(8-10-20)14(2,3)4/h11-13H,5-10,19H2,1-4H3. The maximum Gasteiger partial charge on any atom is 0.405 e. The number of hydrogen-bond acceptors (Lipinski definition) is 2. The molecule has 3 unspecified atom stereocenters. The highest BCUT2D eigenvalue weighted by Gasteiger charge is 2.47. The molecule has 120 valence electrons. The van der Waals surface area contributed by atoms with E-state index in [4.69, 9.17) is 5.73 Å². The van der Waals surface area contributed by atoms with E-state index in [1.165, 1.54) is 0 Å². The molecule has 0 aromatic rings. The predicted octanol–water partition coefficient (Wildman–Crippen LogP) is 3.80. The Morgan fingerprint density at radius 3 is 2.20 bits per heavy atom. The summed E-state index contributed by atoms with van der Waals surface area (Å²) in [6, 6.07) is -2.33. The molecule has 0 bridgehead atoms. The summed E-state index contributed by atoms with van der Waals surface area (Å²) in [5.41, 5.74) is 5.91. The van der Waals surface area contributed by atoms with Gasteiger partial charge in [-0.15, -0.1) is 0 Å². The van der Waals surface area contributed by atoms with E-state index < -0.39 is 18.3 Å². The number of halogens is 3. The van der Waals surface area contributed by atoms with Gasteiger partial charge < -0.3 is 5.73 Å². The molecule has 1 aliphatic rings. The number of likely N-dealkylation sites (tertiary alicyclic amines) is 1. The predicted molar refractivity (Wildman–Crippen MR) is 76.5 cm³/mol. The zero-order valence-corrected chi connectivity index (χ0v) is 13.1. The molecule has 0 aromatic carbocycles. The molecule has 1 saturated heterocycles. The van der Waals surface area contributed by atoms with Crippen LogP contribution in [0.2, 0.25) is 0 Å². The number of hydrogen-bond donors (Lipinski definition) is 1. The third-order valence-corrected chi connectivity index (χ3v) is 4.59. The largest absolute Gasteiger partial charge is 0.405 e. The molecule has 2 nitrogen and oxygen atoms in total. The fourth-order valence-corrected chi connectivity index (χ4v) is 3.21. The zero-order valence-electron chi connectivity index (χ0n) is 13.1. The molecule has 2 N–H and O–H groups in total. The summed E-state index contributed by atoms with van der Waals surface area (Å²) < 4.78 is 39.9. The second kappa shape index (κ2) is 6.65. The molecule has 1 heterocycles. The van der Waals surface area contributed by atoms with E-state index >= 15 is 0 Å². The van der Waals surface area contributed by atoms with Crippen LogP contribution in [0.5, 0.6) is 0 Å². The number of rotatable bonds is 3. The molecule has 0 amide bonds. The van der Waals surface area contributed by atoms with Gasteiger partial charge in [-0.2, -0.15) is 13.2 Å². The number of alkyl halides is 3. The van der Waals surface area contributed by atoms with Crippen LogP contribution < -0.4 is 5.73 Å². The highest BCUT2D eigenvalue weighted by molar-refractivity contribution is 4.90. The lowest BCUT2D eigenvalue weighted by Gasteiger charge is -2.36. The molecule has 0 spiro atoms. The average molecular weight is 294 g/mol. The van der Waals surface area contributed by atoms with Gasteiger partial charge in [0.25, 0.3) is 0 Å². The smallest absolute Gasteiger partial charge is 0.326 e. The lowest BCUT2D eigenvalue weighted by molar-refractivity contribution is -0.189. The van der Waals surface area contributed by atoms with Gasteiger partial charge in [0.1, 0.15) is 6.04 Å². The maximum atomic E-state index is 13.3. The van der Waals surface area contributed by atoms with Crippen molar-refractivity contribution >= 4 is 0 Å². The molecule has 1 rings (SSSR count). The lowest BCUT2D eigenvalue weighted by Crippen LogP contribution is -2.56. The minimum Gasteiger partial charge on any atom is -0.326 e. The van der Waals surface area contributed by atoms with Crippen LogP contribution in [0.15, 0.2) is 0 Å². The zero-order chi connectivity index (χ0) is 15.6. The normalized spacial score (nSPS) is 26.1. The van der Waals surface area contributed by atoms with Crippen LogP contribution in [-0.2, 0) is 0 Å². The molecular formula is C15H29F3N2. The molecule has 0 aliphatic carbocycles. The second-order valence-electron chi connectivity index (χ2n) is 7.09. The molecule has 20 heavy (non-hydrogen) atoms. The lowest BCUT2D eigenvalue weighted by atomic mass is 9.77. The second-order valence-corrected chi connectivity index (χ2v) is 7.09. The van der Waals surface area contributed by atoms with Gasteiger partial charge in [0.15, 0.2) is 0 Å². The van der Waals surface area contributed by atoms with Gasteiger partial charge in [0.05, 0.1) is 0 Å². The Bertz CT molecular complexity index is 296. The maximum absolute atomic E-state index is 13.3. The summed E-state index contributed by atoms with van der Waals surface area (Å²) in [7, 11) is 0. The first-order valence-electron chi connectivity index (χ1n) is 7.63. The molecule has 5 heteroatoms. The SMILES string of the molecule is CCC(N)C(N1CCCC(C(C)(C)C)CC1)C(F)(F)F. The van der Waals surface area contributed by atoms with Crippen molar-refractivity contribution in [3.8, 4) is 0 Å². The van der Waals surface area contributed by atoms with Crippen molar-refractivity contribution in [3.63, 3.8) is 0 Å². The first-order chi connectivity index (χ1) is 9.07. The van der Waals surface area contributed by atoms with Crippen molar-refractivity contribution in [1.82, 2.24) is 4.90 Å². The summed E-state index contributed by atoms with van der Waals surface area (Å²) in [6.45, 7) is 9.24. The number of nitrogens with zero attached hydrogens (tertiary/aromatic N) is 1. The third kappa shape index (κ3) is 4.62. The van der Waals surface area contributed by atoms with Crippen molar-refractivity contribution in [1.29, 1.82) is 0 Å². The Kier molecular flexibility index (Phi) is 5.90. The van der Waals surface area contributed by atoms with Crippen LogP contribution in [0.4, 0.5) is 13.2 Å². The van der Waals surface area contributed by atoms with Gasteiger partial charge in [-0.3, -0.25) is 4.90 Å². The Balaban J connectivity index is 2.79. The van der Waals surface area contributed by atoms with E-state index in [2.05, 4.69) is 20.8 Å². The molecule has 1 fully saturated rings. The van der Waals surface area contributed by atoms with Crippen LogP contribution in [-0.4, -0.2) is 36.2 Å². The fraction of sp³-hybridized carbons (Fsp3) is 1.00. The van der Waals surface area contributed by atoms with E-state index in [0.717, 1.165) is 19.3 Å². The Morgan fingerprint density at radius 1 is 1.15 bits per heavy atom. The molecule has 1 aliphatic heterocycles. The van der Waals surface area contributed by atoms with Crippen LogP contribution in [0.3, 0.4) is 0 Å². The molecular weight excluding hydrogens is 265 g/mol. The van der Waals surface area contributed by atoms with Gasteiger partial charge in [0, 0.05) is 6.04 Å². The van der Waals surface area contributed by atoms with Crippen molar-refractivity contribution in [2.75, 3.05) is 13.1 Å². The minimum absolute atomic E-state index is 0.163. The van der Waals surface area contributed by atoms with E-state index in [-0.39, 0.29) is 5.41 Å². The van der Waals surface area contributed by atoms with E-state index in [1.807, 2.05) is 0 Å². The summed E-state index contributed by atoms with van der Waals surface area (Å²) in [4.78, 5) is 1.57. The molecule has 0 radical (unpaired) electrons. The van der Waals surface area contributed by atoms with E-state index in [1.54, 1.807) is 11.8 Å². The Labute approximate surface area is 120 Å². The van der Waals surface area contributed by atoms with Gasteiger partial charge in [-0.1, -0.05) is 27.7 Å². The third-order valence-electron chi connectivity index (χ3n) is 4.59. The first kappa shape index (κ1) is 17.8. The van der Waals surface area contributed by atoms with Gasteiger partial charge in [0.2, 0.25) is 0 Å². The Morgan fingerprint density at radius 2 is 1.75 bits per heavy atom. The summed E-state index contributed by atoms with van der Waals surface area (Å²) >= 11 is 0.